The molecule has 3 fully saturated rings. The maximum atomic E-state index is 14.4. The Morgan fingerprint density at radius 1 is 0.408 bits per heavy atom. The summed E-state index contributed by atoms with van der Waals surface area (Å²) < 4.78 is 74.8. The van der Waals surface area contributed by atoms with Crippen molar-refractivity contribution in [2.75, 3.05) is 84.7 Å². The molecule has 8 unspecified atom stereocenters. The van der Waals surface area contributed by atoms with Crippen LogP contribution in [0.1, 0.15) is 251 Å². The lowest BCUT2D eigenvalue weighted by Gasteiger charge is -2.44. The average Bonchev–Trinajstić information content (AvgIpc) is 0.805. The van der Waals surface area contributed by atoms with Crippen LogP contribution in [0.15, 0.2) is 0 Å². The van der Waals surface area contributed by atoms with Gasteiger partial charge in [-0.05, 0) is 70.6 Å². The van der Waals surface area contributed by atoms with Crippen molar-refractivity contribution in [2.45, 2.75) is 330 Å². The fraction of sp³-hybridized carbons (Fsp3) is 0.817. The third-order valence-electron chi connectivity index (χ3n) is 20.5. The SMILES string of the molecule is CCC(OC(=O)CCC(=O)C[SH](=P)=S)C(=O)N(CCCCN(CCCNC(=O)CCCCCCCO[C@@H]1OC(COC(C)=O)[C@H](OC(C)=O)[C@H](C)C1NC(C)=O)C(=O)CCCCCCCO[C@@H]1OC(COC(C)=O)[C@H](OC(C)=O)[C@H](C)C1NC(C)=O)CCCNC(=O)CCCCCCCO[C@@H]1OC(COC(C)=O)[C@H](OC(C)=O)[C@H](C)C1NC(C)=O. The molecular weight excluding hydrogens is 1630 g/mol. The number of unbranched alkanes of at least 4 members (excludes halogenated alkanes) is 13. The zero-order valence-electron chi connectivity index (χ0n) is 72.8. The first-order chi connectivity index (χ1) is 57.0. The van der Waals surface area contributed by atoms with Crippen molar-refractivity contribution in [2.24, 2.45) is 17.8 Å². The van der Waals surface area contributed by atoms with Crippen molar-refractivity contribution in [1.29, 1.82) is 0 Å². The number of nitrogens with zero attached hydrogens (tertiary/aromatic N) is 2. The van der Waals surface area contributed by atoms with Crippen LogP contribution in [0.3, 0.4) is 0 Å². The molecule has 686 valence electrons. The maximum Gasteiger partial charge on any atom is 0.307 e. The summed E-state index contributed by atoms with van der Waals surface area (Å²) in [5, 5.41) is 14.5. The molecule has 38 heteroatoms. The van der Waals surface area contributed by atoms with Crippen LogP contribution in [-0.4, -0.2) is 263 Å². The van der Waals surface area contributed by atoms with Gasteiger partial charge >= 0.3 is 41.8 Å². The van der Waals surface area contributed by atoms with E-state index in [1.807, 2.05) is 0 Å². The Hall–Kier alpha value is -7.12. The van der Waals surface area contributed by atoms with Crippen molar-refractivity contribution >= 4 is 117 Å². The van der Waals surface area contributed by atoms with Crippen LogP contribution in [0.5, 0.6) is 0 Å². The van der Waals surface area contributed by atoms with Gasteiger partial charge in [0, 0.05) is 165 Å². The molecule has 0 bridgehead atoms. The molecule has 35 nitrogen and oxygen atoms in total. The first-order valence-corrected chi connectivity index (χ1v) is 46.4. The van der Waals surface area contributed by atoms with Crippen molar-refractivity contribution in [3.63, 3.8) is 0 Å². The van der Waals surface area contributed by atoms with Crippen LogP contribution in [0.4, 0.5) is 0 Å². The van der Waals surface area contributed by atoms with E-state index in [9.17, 15) is 71.9 Å². The number of thiol groups is 1. The normalized spacial score (nSPS) is 23.1. The summed E-state index contributed by atoms with van der Waals surface area (Å²) in [6.07, 6.45) is 4.05. The predicted molar refractivity (Wildman–Crippen MR) is 445 cm³/mol. The van der Waals surface area contributed by atoms with Gasteiger partial charge in [-0.3, -0.25) is 71.9 Å². The molecule has 120 heavy (non-hydrogen) atoms. The van der Waals surface area contributed by atoms with Gasteiger partial charge in [0.15, 0.2) is 25.0 Å². The zero-order valence-corrected chi connectivity index (χ0v) is 75.5. The number of ketones is 1. The predicted octanol–water partition coefficient (Wildman–Crippen LogP) is 6.13. The maximum absolute atomic E-state index is 14.4. The van der Waals surface area contributed by atoms with E-state index in [1.165, 1.54) is 62.3 Å². The van der Waals surface area contributed by atoms with E-state index in [1.54, 1.807) is 37.5 Å². The number of nitrogens with one attached hydrogen (secondary N) is 5. The van der Waals surface area contributed by atoms with Gasteiger partial charge in [-0.25, -0.2) is 0 Å². The lowest BCUT2D eigenvalue weighted by molar-refractivity contribution is -0.262. The van der Waals surface area contributed by atoms with Gasteiger partial charge in [-0.2, -0.15) is 0 Å². The summed E-state index contributed by atoms with van der Waals surface area (Å²) >= 11 is 5.13. The number of hydrogen-bond donors (Lipinski definition) is 6. The molecule has 0 spiro atoms. The number of ether oxygens (including phenoxy) is 13. The van der Waals surface area contributed by atoms with Crippen molar-refractivity contribution in [3.8, 4) is 0 Å². The zero-order chi connectivity index (χ0) is 89.2. The van der Waals surface area contributed by atoms with E-state index in [0.29, 0.717) is 83.8 Å². The van der Waals surface area contributed by atoms with Gasteiger partial charge in [0.2, 0.25) is 35.4 Å². The van der Waals surface area contributed by atoms with Crippen molar-refractivity contribution < 1.29 is 133 Å². The Bertz CT molecular complexity index is 3310. The molecule has 0 saturated carbocycles. The first-order valence-electron chi connectivity index (χ1n) is 42.5. The summed E-state index contributed by atoms with van der Waals surface area (Å²) in [5.41, 5.74) is 0. The van der Waals surface area contributed by atoms with Crippen LogP contribution in [0, 0.1) is 17.8 Å². The molecule has 0 aromatic rings. The summed E-state index contributed by atoms with van der Waals surface area (Å²) in [7, 11) is 2.19. The van der Waals surface area contributed by atoms with Crippen molar-refractivity contribution in [1.82, 2.24) is 36.4 Å². The third-order valence-corrected chi connectivity index (χ3v) is 22.0. The molecule has 3 heterocycles. The second-order valence-corrected chi connectivity index (χ2v) is 36.0. The first kappa shape index (κ1) is 107. The molecule has 0 radical (unpaired) electrons. The summed E-state index contributed by atoms with van der Waals surface area (Å²) in [6.45, 7) is 20.6. The lowest BCUT2D eigenvalue weighted by atomic mass is 9.88. The third kappa shape index (κ3) is 44.8. The number of carbonyl (C=O) groups is 15. The quantitative estimate of drug-likeness (QED) is 0.0131. The standard InChI is InChI=1S/C82H138N7O28PS2/c1-14-65(114-72(103)38-37-64(99)51-120(118)119)79(104)89(44-33-40-84-70(101)35-25-19-16-22-30-46-106-81-74(86-56(6)91)53(3)77(112-62(12)97)67(116-81)49-109-59(9)94)42-28-27-41-88(71(102)36-26-20-17-23-31-47-107-82-75(87-57(7)92)54(4)78(113-63(13)98)68(117-82)50-110-60(10)95)43-32-39-83-69(100)34-24-18-15-21-29-45-105-80-73(85-55(5)90)52(2)76(111-61(11)96)66(115-80)48-108-58(8)93/h52-54,65-68,73-78,80-82,118,120H,14-51H2,1-13H3,(H,83,100)(H,84,101)(H,85,90)(H,86,91)(H,87,92)/t52-,53-,54-,65?,66?,67?,68?,73?,74?,75?,76-,77-,78-,80-,81-,82-/m1/s1. The highest BCUT2D eigenvalue weighted by Gasteiger charge is 2.50. The Balaban J connectivity index is 1.65. The Morgan fingerprint density at radius 3 is 1.07 bits per heavy atom. The number of esters is 7. The molecule has 0 aromatic heterocycles. The molecule has 7 amide bonds. The van der Waals surface area contributed by atoms with E-state index < -0.39 is 154 Å². The molecule has 3 rings (SSSR count). The summed E-state index contributed by atoms with van der Waals surface area (Å²) in [5.74, 6) is -7.30. The van der Waals surface area contributed by atoms with Crippen LogP contribution >= 0.6 is 8.02 Å². The van der Waals surface area contributed by atoms with E-state index in [2.05, 4.69) is 34.6 Å². The molecule has 3 aliphatic rings. The topological polar surface area (TPSA) is 443 Å². The van der Waals surface area contributed by atoms with Crippen molar-refractivity contribution in [3.05, 3.63) is 0 Å². The number of amides is 7. The van der Waals surface area contributed by atoms with Gasteiger partial charge in [0.05, 0.1) is 30.3 Å². The van der Waals surface area contributed by atoms with Gasteiger partial charge in [0.1, 0.15) is 62.2 Å². The molecular formula is C82H138N7O28PS2. The minimum absolute atomic E-state index is 0.0837. The summed E-state index contributed by atoms with van der Waals surface area (Å²) in [6, 6.07) is -2.01. The number of rotatable bonds is 60. The number of Topliss-reactive ketones (excluding diaryl/α,β-unsaturated/α-hetero) is 1. The van der Waals surface area contributed by atoms with Crippen LogP contribution in [0.2, 0.25) is 0 Å². The molecule has 0 aromatic carbocycles. The van der Waals surface area contributed by atoms with E-state index in [-0.39, 0.29) is 145 Å². The molecule has 17 atom stereocenters. The monoisotopic (exact) mass is 1760 g/mol. The minimum Gasteiger partial charge on any atom is -0.463 e. The van der Waals surface area contributed by atoms with Crippen LogP contribution in [0.25, 0.3) is 0 Å². The van der Waals surface area contributed by atoms with Gasteiger partial charge < -0.3 is 98.0 Å². The highest BCUT2D eigenvalue weighted by atomic mass is 32.9. The summed E-state index contributed by atoms with van der Waals surface area (Å²) in [4.78, 5) is 192. The molecule has 0 aliphatic carbocycles. The second kappa shape index (κ2) is 60.4. The lowest BCUT2D eigenvalue weighted by Crippen LogP contribution is -2.62. The van der Waals surface area contributed by atoms with E-state index in [4.69, 9.17) is 72.8 Å². The Kier molecular flexibility index (Phi) is 53.9. The van der Waals surface area contributed by atoms with Gasteiger partial charge in [0.25, 0.3) is 5.91 Å². The van der Waals surface area contributed by atoms with Gasteiger partial charge in [-0.1, -0.05) is 105 Å². The van der Waals surface area contributed by atoms with Gasteiger partial charge in [-0.15, -0.1) is 8.63 Å². The number of hydrogen-bond acceptors (Lipinski definition) is 29. The Labute approximate surface area is 715 Å². The fourth-order valence-electron chi connectivity index (χ4n) is 14.4. The Morgan fingerprint density at radius 2 is 0.733 bits per heavy atom. The fourth-order valence-corrected chi connectivity index (χ4v) is 15.9. The smallest absolute Gasteiger partial charge is 0.307 e. The van der Waals surface area contributed by atoms with E-state index >= 15 is 0 Å². The van der Waals surface area contributed by atoms with Crippen LogP contribution in [-0.2, 0) is 153 Å². The van der Waals surface area contributed by atoms with E-state index in [0.717, 1.165) is 57.8 Å². The number of carbonyl (C=O) groups excluding carboxylic acids is 15. The highest BCUT2D eigenvalue weighted by Crippen LogP contribution is 2.34. The molecule has 3 aliphatic heterocycles. The molecule has 5 N–H and O–H groups in total. The minimum atomic E-state index is -1.15. The van der Waals surface area contributed by atoms with Crippen LogP contribution < -0.4 is 26.6 Å². The largest absolute Gasteiger partial charge is 0.463 e. The highest BCUT2D eigenvalue weighted by molar-refractivity contribution is 8.39. The molecule has 3 saturated heterocycles. The average molecular weight is 1770 g/mol. The second-order valence-electron chi connectivity index (χ2n) is 31.0.